The Balaban J connectivity index is 3.15. The van der Waals surface area contributed by atoms with Crippen LogP contribution in [0.5, 0.6) is 0 Å². The number of benzene rings is 1. The van der Waals surface area contributed by atoms with Gasteiger partial charge in [-0.15, -0.1) is 0 Å². The van der Waals surface area contributed by atoms with E-state index in [2.05, 4.69) is 4.72 Å². The van der Waals surface area contributed by atoms with Crippen LogP contribution in [0, 0.1) is 12.7 Å². The first-order valence-corrected chi connectivity index (χ1v) is 7.67. The summed E-state index contributed by atoms with van der Waals surface area (Å²) in [5.41, 5.74) is 5.42. The Kier molecular flexibility index (Phi) is 4.58. The molecule has 0 aliphatic heterocycles. The molecule has 0 atom stereocenters. The highest BCUT2D eigenvalue weighted by atomic mass is 32.2. The van der Waals surface area contributed by atoms with Gasteiger partial charge < -0.3 is 5.73 Å². The summed E-state index contributed by atoms with van der Waals surface area (Å²) in [5.74, 6) is -0.617. The number of halogens is 1. The van der Waals surface area contributed by atoms with Crippen LogP contribution in [0.15, 0.2) is 17.0 Å². The maximum Gasteiger partial charge on any atom is 0.241 e. The molecule has 0 bridgehead atoms. The molecule has 0 amide bonds. The van der Waals surface area contributed by atoms with E-state index in [4.69, 9.17) is 5.73 Å². The normalized spacial score (nSPS) is 12.7. The van der Waals surface area contributed by atoms with E-state index in [9.17, 15) is 12.8 Å². The standard InChI is InChI=1S/C13H21FN2O2S/c1-5-6-13(3,4)16-19(17,18)10-7-11(14)9(2)12(15)8-10/h7-8,16H,5-6,15H2,1-4H3. The second-order valence-electron chi connectivity index (χ2n) is 5.36. The zero-order valence-electron chi connectivity index (χ0n) is 11.7. The van der Waals surface area contributed by atoms with Crippen LogP contribution in [0.4, 0.5) is 10.1 Å². The van der Waals surface area contributed by atoms with Gasteiger partial charge in [0.25, 0.3) is 0 Å². The number of hydrogen-bond donors (Lipinski definition) is 2. The van der Waals surface area contributed by atoms with Gasteiger partial charge in [0.1, 0.15) is 5.82 Å². The third-order valence-corrected chi connectivity index (χ3v) is 4.63. The first-order chi connectivity index (χ1) is 8.59. The molecule has 4 nitrogen and oxygen atoms in total. The number of rotatable bonds is 5. The molecule has 0 aromatic heterocycles. The van der Waals surface area contributed by atoms with Crippen LogP contribution < -0.4 is 10.5 Å². The summed E-state index contributed by atoms with van der Waals surface area (Å²) in [7, 11) is -3.77. The summed E-state index contributed by atoms with van der Waals surface area (Å²) < 4.78 is 40.6. The van der Waals surface area contributed by atoms with Gasteiger partial charge in [-0.2, -0.15) is 0 Å². The summed E-state index contributed by atoms with van der Waals surface area (Å²) in [6.07, 6.45) is 1.54. The SMILES string of the molecule is CCCC(C)(C)NS(=O)(=O)c1cc(N)c(C)c(F)c1. The van der Waals surface area contributed by atoms with Crippen molar-refractivity contribution < 1.29 is 12.8 Å². The van der Waals surface area contributed by atoms with Crippen LogP contribution >= 0.6 is 0 Å². The monoisotopic (exact) mass is 288 g/mol. The fourth-order valence-corrected chi connectivity index (χ4v) is 3.42. The Morgan fingerprint density at radius 2 is 1.95 bits per heavy atom. The van der Waals surface area contributed by atoms with Crippen LogP contribution in [0.3, 0.4) is 0 Å². The van der Waals surface area contributed by atoms with Crippen molar-refractivity contribution in [1.82, 2.24) is 4.72 Å². The lowest BCUT2D eigenvalue weighted by Gasteiger charge is -2.25. The van der Waals surface area contributed by atoms with E-state index < -0.39 is 21.4 Å². The summed E-state index contributed by atoms with van der Waals surface area (Å²) in [6.45, 7) is 7.07. The van der Waals surface area contributed by atoms with Crippen molar-refractivity contribution in [3.8, 4) is 0 Å². The Morgan fingerprint density at radius 3 is 2.42 bits per heavy atom. The topological polar surface area (TPSA) is 72.2 Å². The number of nitrogens with one attached hydrogen (secondary N) is 1. The maximum absolute atomic E-state index is 13.6. The van der Waals surface area contributed by atoms with E-state index in [1.165, 1.54) is 13.0 Å². The van der Waals surface area contributed by atoms with E-state index >= 15 is 0 Å². The van der Waals surface area contributed by atoms with Crippen molar-refractivity contribution >= 4 is 15.7 Å². The molecule has 1 aromatic carbocycles. The predicted molar refractivity (Wildman–Crippen MR) is 74.9 cm³/mol. The summed E-state index contributed by atoms with van der Waals surface area (Å²) in [4.78, 5) is -0.141. The van der Waals surface area contributed by atoms with Crippen LogP contribution in [0.1, 0.15) is 39.2 Å². The molecule has 0 saturated heterocycles. The molecule has 0 radical (unpaired) electrons. The molecule has 1 rings (SSSR count). The average molecular weight is 288 g/mol. The van der Waals surface area contributed by atoms with Crippen molar-refractivity contribution in [2.45, 2.75) is 51.0 Å². The molecule has 0 heterocycles. The number of nitrogens with two attached hydrogens (primary N) is 1. The maximum atomic E-state index is 13.6. The van der Waals surface area contributed by atoms with Crippen LogP contribution in [0.25, 0.3) is 0 Å². The molecule has 0 aliphatic carbocycles. The number of nitrogen functional groups attached to an aromatic ring is 1. The third-order valence-electron chi connectivity index (χ3n) is 2.95. The molecular weight excluding hydrogens is 267 g/mol. The number of sulfonamides is 1. The smallest absolute Gasteiger partial charge is 0.241 e. The third kappa shape index (κ3) is 3.91. The number of anilines is 1. The minimum Gasteiger partial charge on any atom is -0.398 e. The quantitative estimate of drug-likeness (QED) is 0.818. The summed E-state index contributed by atoms with van der Waals surface area (Å²) in [6, 6.07) is 2.28. The zero-order valence-corrected chi connectivity index (χ0v) is 12.6. The van der Waals surface area contributed by atoms with Gasteiger partial charge in [0.2, 0.25) is 10.0 Å². The highest BCUT2D eigenvalue weighted by Gasteiger charge is 2.26. The number of hydrogen-bond acceptors (Lipinski definition) is 3. The largest absolute Gasteiger partial charge is 0.398 e. The Labute approximate surface area is 114 Å². The average Bonchev–Trinajstić information content (AvgIpc) is 2.23. The van der Waals surface area contributed by atoms with Gasteiger partial charge in [0.05, 0.1) is 4.90 Å². The van der Waals surface area contributed by atoms with Crippen LogP contribution in [0.2, 0.25) is 0 Å². The van der Waals surface area contributed by atoms with Gasteiger partial charge in [-0.1, -0.05) is 13.3 Å². The van der Waals surface area contributed by atoms with Gasteiger partial charge in [0.15, 0.2) is 0 Å². The molecule has 0 unspecified atom stereocenters. The molecule has 0 fully saturated rings. The van der Waals surface area contributed by atoms with Crippen molar-refractivity contribution in [3.05, 3.63) is 23.5 Å². The molecule has 0 saturated carbocycles. The van der Waals surface area contributed by atoms with Crippen molar-refractivity contribution in [1.29, 1.82) is 0 Å². The van der Waals surface area contributed by atoms with Crippen molar-refractivity contribution in [3.63, 3.8) is 0 Å². The van der Waals surface area contributed by atoms with E-state index in [0.29, 0.717) is 6.42 Å². The minimum atomic E-state index is -3.77. The molecular formula is C13H21FN2O2S. The summed E-state index contributed by atoms with van der Waals surface area (Å²) in [5, 5.41) is 0. The van der Waals surface area contributed by atoms with Gasteiger partial charge in [-0.05, 0) is 39.3 Å². The van der Waals surface area contributed by atoms with Crippen molar-refractivity contribution in [2.75, 3.05) is 5.73 Å². The second-order valence-corrected chi connectivity index (χ2v) is 7.04. The highest BCUT2D eigenvalue weighted by Crippen LogP contribution is 2.23. The van der Waals surface area contributed by atoms with Gasteiger partial charge in [-0.25, -0.2) is 17.5 Å². The molecule has 108 valence electrons. The zero-order chi connectivity index (χ0) is 14.8. The molecule has 0 spiro atoms. The molecule has 0 aliphatic rings. The minimum absolute atomic E-state index is 0.133. The first kappa shape index (κ1) is 15.9. The van der Waals surface area contributed by atoms with Crippen molar-refractivity contribution in [2.24, 2.45) is 0 Å². The highest BCUT2D eigenvalue weighted by molar-refractivity contribution is 7.89. The molecule has 19 heavy (non-hydrogen) atoms. The van der Waals surface area contributed by atoms with Gasteiger partial charge in [-0.3, -0.25) is 0 Å². The van der Waals surface area contributed by atoms with Crippen LogP contribution in [-0.2, 0) is 10.0 Å². The predicted octanol–water partition coefficient (Wildman–Crippen LogP) is 2.57. The lowest BCUT2D eigenvalue weighted by molar-refractivity contribution is 0.417. The lowest BCUT2D eigenvalue weighted by atomic mass is 10.0. The van der Waals surface area contributed by atoms with E-state index in [1.807, 2.05) is 6.92 Å². The first-order valence-electron chi connectivity index (χ1n) is 6.18. The van der Waals surface area contributed by atoms with E-state index in [0.717, 1.165) is 12.5 Å². The fraction of sp³-hybridized carbons (Fsp3) is 0.538. The van der Waals surface area contributed by atoms with Gasteiger partial charge >= 0.3 is 0 Å². The van der Waals surface area contributed by atoms with E-state index in [1.54, 1.807) is 13.8 Å². The van der Waals surface area contributed by atoms with Crippen LogP contribution in [-0.4, -0.2) is 14.0 Å². The Hall–Kier alpha value is -1.14. The Bertz CT molecular complexity index is 545. The molecule has 6 heteroatoms. The fourth-order valence-electron chi connectivity index (χ4n) is 1.93. The van der Waals surface area contributed by atoms with E-state index in [-0.39, 0.29) is 16.1 Å². The molecule has 3 N–H and O–H groups in total. The second kappa shape index (κ2) is 5.46. The van der Waals surface area contributed by atoms with Gasteiger partial charge in [0, 0.05) is 16.8 Å². The lowest BCUT2D eigenvalue weighted by Crippen LogP contribution is -2.43. The Morgan fingerprint density at radius 1 is 1.37 bits per heavy atom. The molecule has 1 aromatic rings. The summed E-state index contributed by atoms with van der Waals surface area (Å²) >= 11 is 0.